The second-order valence-corrected chi connectivity index (χ2v) is 7.17. The maximum atomic E-state index is 12.6. The molecule has 1 heterocycles. The average Bonchev–Trinajstić information content (AvgIpc) is 2.54. The maximum absolute atomic E-state index is 12.6. The minimum absolute atomic E-state index is 0.0501. The van der Waals surface area contributed by atoms with Crippen LogP contribution >= 0.6 is 11.6 Å². The van der Waals surface area contributed by atoms with Crippen LogP contribution in [0.2, 0.25) is 5.02 Å². The summed E-state index contributed by atoms with van der Waals surface area (Å²) in [6.07, 6.45) is 0. The van der Waals surface area contributed by atoms with Crippen molar-refractivity contribution < 1.29 is 4.79 Å². The lowest BCUT2D eigenvalue weighted by atomic mass is 10.0. The van der Waals surface area contributed by atoms with Crippen molar-refractivity contribution in [3.8, 4) is 0 Å². The number of amides is 1. The highest BCUT2D eigenvalue weighted by atomic mass is 35.5. The molecule has 5 heteroatoms. The number of fused-ring (bicyclic) bond motifs is 1. The van der Waals surface area contributed by atoms with Gasteiger partial charge in [0.1, 0.15) is 6.54 Å². The number of aromatic nitrogens is 1. The number of aryl methyl sites for hydroxylation is 4. The van der Waals surface area contributed by atoms with Crippen molar-refractivity contribution in [2.24, 2.45) is 0 Å². The van der Waals surface area contributed by atoms with E-state index in [-0.39, 0.29) is 18.0 Å². The van der Waals surface area contributed by atoms with E-state index in [1.54, 1.807) is 18.2 Å². The normalized spacial score (nSPS) is 11.0. The number of hydrogen-bond acceptors (Lipinski definition) is 2. The number of carbonyl (C=O) groups is 1. The lowest BCUT2D eigenvalue weighted by Gasteiger charge is -2.15. The van der Waals surface area contributed by atoms with Gasteiger partial charge in [-0.05, 0) is 62.6 Å². The Bertz CT molecular complexity index is 1080. The summed E-state index contributed by atoms with van der Waals surface area (Å²) in [4.78, 5) is 25.2. The summed E-state index contributed by atoms with van der Waals surface area (Å²) >= 11 is 6.01. The zero-order chi connectivity index (χ0) is 19.0. The molecule has 0 bridgehead atoms. The number of nitrogens with zero attached hydrogens (tertiary/aromatic N) is 1. The molecule has 0 aliphatic heterocycles. The zero-order valence-electron chi connectivity index (χ0n) is 15.3. The molecule has 0 aliphatic carbocycles. The smallest absolute Gasteiger partial charge is 0.251 e. The van der Waals surface area contributed by atoms with Crippen LogP contribution in [0.15, 0.2) is 41.2 Å². The Hall–Kier alpha value is -2.59. The van der Waals surface area contributed by atoms with Gasteiger partial charge in [-0.3, -0.25) is 14.2 Å². The SMILES string of the molecule is Cc1cc(C)c2c(c1)c(C)cc(=O)n2CC(=O)Nc1cc(Cl)ccc1C. The number of carbonyl (C=O) groups excluding carboxylic acids is 1. The standard InChI is InChI=1S/C21H21ClN2O2/c1-12-7-15(4)21-17(8-12)14(3)9-20(26)24(21)11-19(25)23-18-10-16(22)6-5-13(18)2/h5-10H,11H2,1-4H3,(H,23,25). The zero-order valence-corrected chi connectivity index (χ0v) is 16.1. The molecule has 0 saturated carbocycles. The molecule has 3 rings (SSSR count). The van der Waals surface area contributed by atoms with Crippen LogP contribution in [0.1, 0.15) is 22.3 Å². The molecule has 1 N–H and O–H groups in total. The predicted molar refractivity (Wildman–Crippen MR) is 107 cm³/mol. The summed E-state index contributed by atoms with van der Waals surface area (Å²) in [5.74, 6) is -0.261. The quantitative estimate of drug-likeness (QED) is 0.738. The van der Waals surface area contributed by atoms with Gasteiger partial charge < -0.3 is 5.32 Å². The van der Waals surface area contributed by atoms with Gasteiger partial charge in [0, 0.05) is 22.2 Å². The highest BCUT2D eigenvalue weighted by Crippen LogP contribution is 2.23. The Balaban J connectivity index is 2.02. The van der Waals surface area contributed by atoms with Gasteiger partial charge in [0.25, 0.3) is 5.56 Å². The van der Waals surface area contributed by atoms with Crippen molar-refractivity contribution in [1.29, 1.82) is 0 Å². The molecular weight excluding hydrogens is 348 g/mol. The van der Waals surface area contributed by atoms with Crippen molar-refractivity contribution in [2.45, 2.75) is 34.2 Å². The molecule has 4 nitrogen and oxygen atoms in total. The lowest BCUT2D eigenvalue weighted by Crippen LogP contribution is -2.28. The van der Waals surface area contributed by atoms with E-state index < -0.39 is 0 Å². The Morgan fingerprint density at radius 1 is 1.00 bits per heavy atom. The largest absolute Gasteiger partial charge is 0.324 e. The summed E-state index contributed by atoms with van der Waals surface area (Å²) in [6, 6.07) is 11.0. The molecule has 0 saturated heterocycles. The first-order valence-electron chi connectivity index (χ1n) is 8.43. The van der Waals surface area contributed by atoms with Gasteiger partial charge in [-0.25, -0.2) is 0 Å². The number of hydrogen-bond donors (Lipinski definition) is 1. The molecular formula is C21H21ClN2O2. The van der Waals surface area contributed by atoms with Crippen molar-refractivity contribution in [3.05, 3.63) is 74.0 Å². The molecule has 0 radical (unpaired) electrons. The Labute approximate surface area is 157 Å². The molecule has 0 atom stereocenters. The van der Waals surface area contributed by atoms with Gasteiger partial charge in [0.05, 0.1) is 5.52 Å². The van der Waals surface area contributed by atoms with E-state index in [9.17, 15) is 9.59 Å². The molecule has 3 aromatic rings. The van der Waals surface area contributed by atoms with Crippen LogP contribution in [0.25, 0.3) is 10.9 Å². The van der Waals surface area contributed by atoms with Gasteiger partial charge >= 0.3 is 0 Å². The molecule has 134 valence electrons. The third kappa shape index (κ3) is 3.51. The van der Waals surface area contributed by atoms with Crippen LogP contribution in [-0.4, -0.2) is 10.5 Å². The number of nitrogens with one attached hydrogen (secondary N) is 1. The third-order valence-electron chi connectivity index (χ3n) is 4.52. The van der Waals surface area contributed by atoms with Crippen LogP contribution in [0, 0.1) is 27.7 Å². The second-order valence-electron chi connectivity index (χ2n) is 6.74. The summed E-state index contributed by atoms with van der Waals surface area (Å²) in [6.45, 7) is 7.75. The first-order valence-corrected chi connectivity index (χ1v) is 8.81. The van der Waals surface area contributed by atoms with Gasteiger partial charge in [-0.2, -0.15) is 0 Å². The Morgan fingerprint density at radius 3 is 2.46 bits per heavy atom. The second kappa shape index (κ2) is 6.96. The molecule has 2 aromatic carbocycles. The van der Waals surface area contributed by atoms with Crippen molar-refractivity contribution in [1.82, 2.24) is 4.57 Å². The minimum Gasteiger partial charge on any atom is -0.324 e. The molecule has 0 fully saturated rings. The Kier molecular flexibility index (Phi) is 4.88. The van der Waals surface area contributed by atoms with Gasteiger partial charge in [-0.15, -0.1) is 0 Å². The fraction of sp³-hybridized carbons (Fsp3) is 0.238. The van der Waals surface area contributed by atoms with Gasteiger partial charge in [0.15, 0.2) is 0 Å². The summed E-state index contributed by atoms with van der Waals surface area (Å²) in [5, 5.41) is 4.40. The number of pyridine rings is 1. The Morgan fingerprint density at radius 2 is 1.73 bits per heavy atom. The van der Waals surface area contributed by atoms with Crippen molar-refractivity contribution >= 4 is 34.1 Å². The first kappa shape index (κ1) is 18.2. The summed E-state index contributed by atoms with van der Waals surface area (Å²) < 4.78 is 1.53. The van der Waals surface area contributed by atoms with Crippen LogP contribution in [0.3, 0.4) is 0 Å². The number of rotatable bonds is 3. The first-order chi connectivity index (χ1) is 12.3. The maximum Gasteiger partial charge on any atom is 0.251 e. The number of benzene rings is 2. The average molecular weight is 369 g/mol. The molecule has 1 aromatic heterocycles. The number of anilines is 1. The van der Waals surface area contributed by atoms with Crippen molar-refractivity contribution in [3.63, 3.8) is 0 Å². The van der Waals surface area contributed by atoms with E-state index in [1.165, 1.54) is 4.57 Å². The van der Waals surface area contributed by atoms with E-state index in [1.807, 2.05) is 45.9 Å². The summed E-state index contributed by atoms with van der Waals surface area (Å²) in [5.41, 5.74) is 5.21. The van der Waals surface area contributed by atoms with Crippen LogP contribution in [0.4, 0.5) is 5.69 Å². The van der Waals surface area contributed by atoms with E-state index in [4.69, 9.17) is 11.6 Å². The third-order valence-corrected chi connectivity index (χ3v) is 4.76. The highest BCUT2D eigenvalue weighted by molar-refractivity contribution is 6.31. The van der Waals surface area contributed by atoms with E-state index >= 15 is 0 Å². The van der Waals surface area contributed by atoms with Crippen LogP contribution in [0.5, 0.6) is 0 Å². The van der Waals surface area contributed by atoms with Gasteiger partial charge in [0.2, 0.25) is 5.91 Å². The molecule has 1 amide bonds. The predicted octanol–water partition coefficient (Wildman–Crippen LogP) is 4.53. The lowest BCUT2D eigenvalue weighted by molar-refractivity contribution is -0.116. The monoisotopic (exact) mass is 368 g/mol. The van der Waals surface area contributed by atoms with Gasteiger partial charge in [-0.1, -0.05) is 29.3 Å². The molecule has 26 heavy (non-hydrogen) atoms. The van der Waals surface area contributed by atoms with E-state index in [0.717, 1.165) is 33.2 Å². The fourth-order valence-electron chi connectivity index (χ4n) is 3.29. The topological polar surface area (TPSA) is 51.1 Å². The minimum atomic E-state index is -0.261. The molecule has 0 aliphatic rings. The van der Waals surface area contributed by atoms with Crippen LogP contribution in [-0.2, 0) is 11.3 Å². The molecule has 0 spiro atoms. The summed E-state index contributed by atoms with van der Waals surface area (Å²) in [7, 11) is 0. The highest BCUT2D eigenvalue weighted by Gasteiger charge is 2.13. The molecule has 0 unspecified atom stereocenters. The van der Waals surface area contributed by atoms with Crippen LogP contribution < -0.4 is 10.9 Å². The van der Waals surface area contributed by atoms with Crippen molar-refractivity contribution in [2.75, 3.05) is 5.32 Å². The fourth-order valence-corrected chi connectivity index (χ4v) is 3.46. The van der Waals surface area contributed by atoms with E-state index in [0.29, 0.717) is 10.7 Å². The van der Waals surface area contributed by atoms with E-state index in [2.05, 4.69) is 5.32 Å². The number of halogens is 1.